The molecule has 3 rings (SSSR count). The first-order valence-corrected chi connectivity index (χ1v) is 12.4. The van der Waals surface area contributed by atoms with E-state index in [9.17, 15) is 29.8 Å². The van der Waals surface area contributed by atoms with Gasteiger partial charge >= 0.3 is 11.9 Å². The molecule has 0 amide bonds. The molecular formula is C27H24N2O8S. The summed E-state index contributed by atoms with van der Waals surface area (Å²) in [5.41, 5.74) is 1.07. The third-order valence-corrected chi connectivity index (χ3v) is 6.85. The number of hydrogen-bond donors (Lipinski definition) is 0. The molecule has 1 aromatic carbocycles. The van der Waals surface area contributed by atoms with Gasteiger partial charge in [-0.3, -0.25) is 14.9 Å². The van der Waals surface area contributed by atoms with Gasteiger partial charge in [-0.05, 0) is 45.4 Å². The van der Waals surface area contributed by atoms with E-state index >= 15 is 0 Å². The van der Waals surface area contributed by atoms with Crippen molar-refractivity contribution in [2.45, 2.75) is 34.1 Å². The van der Waals surface area contributed by atoms with Gasteiger partial charge in [0.15, 0.2) is 5.78 Å². The second-order valence-electron chi connectivity index (χ2n) is 7.97. The Morgan fingerprint density at radius 1 is 1.08 bits per heavy atom. The lowest BCUT2D eigenvalue weighted by Crippen LogP contribution is -2.12. The lowest BCUT2D eigenvalue weighted by Gasteiger charge is -2.05. The fourth-order valence-electron chi connectivity index (χ4n) is 3.78. The van der Waals surface area contributed by atoms with Crippen molar-refractivity contribution in [2.75, 3.05) is 13.2 Å². The molecule has 3 aromatic rings. The van der Waals surface area contributed by atoms with Crippen LogP contribution in [0.5, 0.6) is 0 Å². The minimum Gasteiger partial charge on any atom is -0.462 e. The average Bonchev–Trinajstić information content (AvgIpc) is 3.46. The largest absolute Gasteiger partial charge is 0.462 e. The van der Waals surface area contributed by atoms with Crippen LogP contribution in [0.25, 0.3) is 17.4 Å². The van der Waals surface area contributed by atoms with Gasteiger partial charge in [-0.1, -0.05) is 12.1 Å². The van der Waals surface area contributed by atoms with Crippen LogP contribution in [-0.4, -0.2) is 35.9 Å². The summed E-state index contributed by atoms with van der Waals surface area (Å²) in [4.78, 5) is 49.3. The number of nitro groups is 1. The highest BCUT2D eigenvalue weighted by Gasteiger charge is 2.28. The van der Waals surface area contributed by atoms with E-state index in [4.69, 9.17) is 13.9 Å². The lowest BCUT2D eigenvalue weighted by molar-refractivity contribution is -0.385. The third-order valence-electron chi connectivity index (χ3n) is 5.58. The maximum atomic E-state index is 13.1. The molecule has 2 aromatic heterocycles. The normalized spacial score (nSPS) is 11.1. The number of ether oxygens (including phenoxy) is 2. The van der Waals surface area contributed by atoms with Crippen molar-refractivity contribution in [1.82, 2.24) is 0 Å². The van der Waals surface area contributed by atoms with Gasteiger partial charge in [0.1, 0.15) is 22.5 Å². The maximum Gasteiger partial charge on any atom is 0.348 e. The summed E-state index contributed by atoms with van der Waals surface area (Å²) in [6, 6.07) is 9.57. The van der Waals surface area contributed by atoms with E-state index in [0.29, 0.717) is 22.5 Å². The van der Waals surface area contributed by atoms with Crippen molar-refractivity contribution in [3.63, 3.8) is 0 Å². The molecule has 0 radical (unpaired) electrons. The van der Waals surface area contributed by atoms with E-state index in [1.807, 2.05) is 6.07 Å². The number of furan rings is 1. The molecule has 10 nitrogen and oxygen atoms in total. The number of Topliss-reactive ketones (excluding diaryl/α,β-unsaturated/α-hetero) is 1. The van der Waals surface area contributed by atoms with Crippen molar-refractivity contribution in [2.24, 2.45) is 0 Å². The van der Waals surface area contributed by atoms with Crippen molar-refractivity contribution >= 4 is 40.8 Å². The number of nitrogens with zero attached hydrogens (tertiary/aromatic N) is 2. The minimum absolute atomic E-state index is 0.0604. The summed E-state index contributed by atoms with van der Waals surface area (Å²) in [5, 5.41) is 20.9. The Bertz CT molecular complexity index is 1490. The molecule has 0 atom stereocenters. The number of carbonyl (C=O) groups is 3. The van der Waals surface area contributed by atoms with Crippen molar-refractivity contribution < 1.29 is 33.2 Å². The minimum atomic E-state index is -0.676. The third kappa shape index (κ3) is 5.87. The summed E-state index contributed by atoms with van der Waals surface area (Å²) >= 11 is 0.946. The van der Waals surface area contributed by atoms with Gasteiger partial charge in [-0.25, -0.2) is 9.59 Å². The van der Waals surface area contributed by atoms with E-state index in [1.54, 1.807) is 39.8 Å². The SMILES string of the molecule is CCOC(=O)c1sc(CC(=O)C(C#N)=Cc2ccc(-c3cccc([N+](=O)[O-])c3C)o2)c(C(=O)OCC)c1C. The zero-order chi connectivity index (χ0) is 28.0. The molecule has 2 heterocycles. The number of carbonyl (C=O) groups excluding carboxylic acids is 3. The zero-order valence-corrected chi connectivity index (χ0v) is 22.0. The number of benzene rings is 1. The predicted molar refractivity (Wildman–Crippen MR) is 139 cm³/mol. The van der Waals surface area contributed by atoms with E-state index in [2.05, 4.69) is 0 Å². The van der Waals surface area contributed by atoms with Crippen molar-refractivity contribution in [1.29, 1.82) is 5.26 Å². The molecule has 0 aliphatic carbocycles. The maximum absolute atomic E-state index is 13.1. The second kappa shape index (κ2) is 12.1. The molecule has 0 aliphatic heterocycles. The van der Waals surface area contributed by atoms with Crippen LogP contribution in [-0.2, 0) is 20.7 Å². The van der Waals surface area contributed by atoms with E-state index in [1.165, 1.54) is 24.3 Å². The number of ketones is 1. The Hall–Kier alpha value is -4.56. The number of hydrogen-bond acceptors (Lipinski definition) is 10. The Morgan fingerprint density at radius 3 is 2.39 bits per heavy atom. The summed E-state index contributed by atoms with van der Waals surface area (Å²) in [5.74, 6) is -1.37. The van der Waals surface area contributed by atoms with Crippen LogP contribution in [0.4, 0.5) is 5.69 Å². The van der Waals surface area contributed by atoms with Crippen LogP contribution in [0, 0.1) is 35.3 Å². The first-order chi connectivity index (χ1) is 18.1. The highest BCUT2D eigenvalue weighted by atomic mass is 32.1. The fraction of sp³-hybridized carbons (Fsp3) is 0.259. The van der Waals surface area contributed by atoms with Crippen LogP contribution in [0.1, 0.15) is 55.6 Å². The summed E-state index contributed by atoms with van der Waals surface area (Å²) < 4.78 is 15.9. The number of esters is 2. The van der Waals surface area contributed by atoms with Gasteiger partial charge in [0.2, 0.25) is 0 Å². The molecule has 0 spiro atoms. The lowest BCUT2D eigenvalue weighted by atomic mass is 10.0. The smallest absolute Gasteiger partial charge is 0.348 e. The fourth-order valence-corrected chi connectivity index (χ4v) is 4.97. The molecule has 0 saturated heterocycles. The highest BCUT2D eigenvalue weighted by Crippen LogP contribution is 2.33. The number of thiophene rings is 1. The van der Waals surface area contributed by atoms with E-state index in [-0.39, 0.29) is 52.0 Å². The molecule has 196 valence electrons. The summed E-state index contributed by atoms with van der Waals surface area (Å²) in [7, 11) is 0. The van der Waals surface area contributed by atoms with E-state index in [0.717, 1.165) is 11.3 Å². The number of allylic oxidation sites excluding steroid dienone is 1. The summed E-state index contributed by atoms with van der Waals surface area (Å²) in [6.07, 6.45) is 0.936. The number of nitro benzene ring substituents is 1. The van der Waals surface area contributed by atoms with Crippen LogP contribution in [0.15, 0.2) is 40.3 Å². The predicted octanol–water partition coefficient (Wildman–Crippen LogP) is 5.61. The first kappa shape index (κ1) is 28.0. The molecule has 11 heteroatoms. The zero-order valence-electron chi connectivity index (χ0n) is 21.2. The molecule has 38 heavy (non-hydrogen) atoms. The second-order valence-corrected chi connectivity index (χ2v) is 9.08. The van der Waals surface area contributed by atoms with Crippen molar-refractivity contribution in [3.8, 4) is 17.4 Å². The highest BCUT2D eigenvalue weighted by molar-refractivity contribution is 7.14. The average molecular weight is 537 g/mol. The number of rotatable bonds is 10. The molecule has 0 fully saturated rings. The first-order valence-electron chi connectivity index (χ1n) is 11.6. The Kier molecular flexibility index (Phi) is 8.94. The van der Waals surface area contributed by atoms with Crippen LogP contribution < -0.4 is 0 Å². The molecule has 0 unspecified atom stereocenters. The van der Waals surface area contributed by atoms with Gasteiger partial charge in [0, 0.05) is 34.6 Å². The molecule has 0 N–H and O–H groups in total. The van der Waals surface area contributed by atoms with Gasteiger partial charge in [0.05, 0.1) is 29.3 Å². The molecule has 0 aliphatic rings. The number of nitriles is 1. The van der Waals surface area contributed by atoms with Crippen LogP contribution in [0.3, 0.4) is 0 Å². The Balaban J connectivity index is 1.93. The summed E-state index contributed by atoms with van der Waals surface area (Å²) in [6.45, 7) is 6.71. The molecule has 0 bridgehead atoms. The van der Waals surface area contributed by atoms with Crippen LogP contribution >= 0.6 is 11.3 Å². The standard InChI is InChI=1S/C27H24N2O8S/c1-5-35-26(31)24-16(4)25(27(32)36-6-2)38-23(24)13-21(30)17(14-28)12-18-10-11-22(37-18)19-8-7-9-20(15(19)3)29(33)34/h7-12H,5-6,13H2,1-4H3. The van der Waals surface area contributed by atoms with Gasteiger partial charge in [-0.15, -0.1) is 11.3 Å². The monoisotopic (exact) mass is 536 g/mol. The Morgan fingerprint density at radius 2 is 1.76 bits per heavy atom. The topological polar surface area (TPSA) is 150 Å². The van der Waals surface area contributed by atoms with Crippen molar-refractivity contribution in [3.05, 3.63) is 78.2 Å². The molecule has 0 saturated carbocycles. The van der Waals surface area contributed by atoms with Gasteiger partial charge in [0.25, 0.3) is 5.69 Å². The van der Waals surface area contributed by atoms with Gasteiger partial charge in [-0.2, -0.15) is 5.26 Å². The van der Waals surface area contributed by atoms with Crippen LogP contribution in [0.2, 0.25) is 0 Å². The van der Waals surface area contributed by atoms with Gasteiger partial charge < -0.3 is 13.9 Å². The quantitative estimate of drug-likeness (QED) is 0.106. The van der Waals surface area contributed by atoms with E-state index < -0.39 is 22.6 Å². The Labute approximate surface area is 222 Å². The molecular weight excluding hydrogens is 512 g/mol.